The number of carbonyl (C=O) groups is 1. The monoisotopic (exact) mass is 237 g/mol. The maximum atomic E-state index is 11.1. The number of amides is 1. The standard InChI is InChI=1S/C8H11N3O.2ClH/c1-11-8(12)5-2-6(9)4-7(10)3-5;;/h2-4H,9-10H2,1H3,(H,11,12);2*1H. The number of nitrogens with two attached hydrogens (primary N) is 2. The van der Waals surface area contributed by atoms with Gasteiger partial charge in [0.2, 0.25) is 0 Å². The Labute approximate surface area is 94.9 Å². The van der Waals surface area contributed by atoms with Crippen LogP contribution in [0.5, 0.6) is 0 Å². The van der Waals surface area contributed by atoms with Crippen LogP contribution in [-0.4, -0.2) is 13.0 Å². The van der Waals surface area contributed by atoms with Crippen LogP contribution in [0, 0.1) is 0 Å². The van der Waals surface area contributed by atoms with Crippen LogP contribution < -0.4 is 16.8 Å². The van der Waals surface area contributed by atoms with Crippen LogP contribution in [0.15, 0.2) is 18.2 Å². The molecule has 0 heterocycles. The normalized spacial score (nSPS) is 8.07. The van der Waals surface area contributed by atoms with Crippen LogP contribution in [0.2, 0.25) is 0 Å². The Hall–Kier alpha value is -1.13. The first kappa shape index (κ1) is 15.3. The summed E-state index contributed by atoms with van der Waals surface area (Å²) >= 11 is 0. The summed E-state index contributed by atoms with van der Waals surface area (Å²) in [5.41, 5.74) is 12.5. The third-order valence-corrected chi connectivity index (χ3v) is 1.47. The average molecular weight is 238 g/mol. The van der Waals surface area contributed by atoms with Crippen LogP contribution in [0.1, 0.15) is 10.4 Å². The first-order valence-corrected chi connectivity index (χ1v) is 3.51. The molecule has 1 rings (SSSR count). The van der Waals surface area contributed by atoms with Crippen molar-refractivity contribution in [1.29, 1.82) is 0 Å². The van der Waals surface area contributed by atoms with E-state index in [-0.39, 0.29) is 30.7 Å². The highest BCUT2D eigenvalue weighted by Gasteiger charge is 2.03. The molecule has 1 amide bonds. The summed E-state index contributed by atoms with van der Waals surface area (Å²) in [6.07, 6.45) is 0. The molecule has 0 unspecified atom stereocenters. The zero-order valence-corrected chi connectivity index (χ0v) is 9.24. The lowest BCUT2D eigenvalue weighted by molar-refractivity contribution is 0.0963. The largest absolute Gasteiger partial charge is 0.399 e. The zero-order chi connectivity index (χ0) is 9.14. The minimum Gasteiger partial charge on any atom is -0.399 e. The van der Waals surface area contributed by atoms with E-state index in [1.807, 2.05) is 0 Å². The summed E-state index contributed by atoms with van der Waals surface area (Å²) in [7, 11) is 1.56. The fourth-order valence-electron chi connectivity index (χ4n) is 0.952. The van der Waals surface area contributed by atoms with Crippen molar-refractivity contribution in [3.05, 3.63) is 23.8 Å². The molecule has 0 saturated heterocycles. The fourth-order valence-corrected chi connectivity index (χ4v) is 0.952. The van der Waals surface area contributed by atoms with Gasteiger partial charge in [0, 0.05) is 24.0 Å². The second kappa shape index (κ2) is 6.34. The molecule has 0 bridgehead atoms. The van der Waals surface area contributed by atoms with Crippen molar-refractivity contribution in [2.45, 2.75) is 0 Å². The van der Waals surface area contributed by atoms with Gasteiger partial charge in [-0.05, 0) is 18.2 Å². The van der Waals surface area contributed by atoms with Crippen molar-refractivity contribution in [3.8, 4) is 0 Å². The van der Waals surface area contributed by atoms with Gasteiger partial charge in [-0.3, -0.25) is 4.79 Å². The number of rotatable bonds is 1. The predicted molar refractivity (Wildman–Crippen MR) is 63.2 cm³/mol. The van der Waals surface area contributed by atoms with Crippen molar-refractivity contribution >= 4 is 42.1 Å². The van der Waals surface area contributed by atoms with Gasteiger partial charge in [0.25, 0.3) is 5.91 Å². The van der Waals surface area contributed by atoms with E-state index in [1.165, 1.54) is 0 Å². The summed E-state index contributed by atoms with van der Waals surface area (Å²) < 4.78 is 0. The first-order valence-electron chi connectivity index (χ1n) is 3.51. The molecule has 4 nitrogen and oxygen atoms in total. The van der Waals surface area contributed by atoms with E-state index < -0.39 is 0 Å². The molecule has 14 heavy (non-hydrogen) atoms. The van der Waals surface area contributed by atoms with Gasteiger partial charge in [-0.2, -0.15) is 0 Å². The maximum absolute atomic E-state index is 11.1. The highest BCUT2D eigenvalue weighted by Crippen LogP contribution is 2.12. The van der Waals surface area contributed by atoms with E-state index in [1.54, 1.807) is 25.2 Å². The minimum absolute atomic E-state index is 0. The molecule has 80 valence electrons. The summed E-state index contributed by atoms with van der Waals surface area (Å²) in [6, 6.07) is 4.76. The van der Waals surface area contributed by atoms with Crippen LogP contribution >= 0.6 is 24.8 Å². The van der Waals surface area contributed by atoms with Crippen LogP contribution in [-0.2, 0) is 0 Å². The molecule has 6 heteroatoms. The van der Waals surface area contributed by atoms with Gasteiger partial charge < -0.3 is 16.8 Å². The lowest BCUT2D eigenvalue weighted by Gasteiger charge is -2.02. The molecule has 0 aliphatic heterocycles. The second-order valence-electron chi connectivity index (χ2n) is 2.47. The second-order valence-corrected chi connectivity index (χ2v) is 2.47. The van der Waals surface area contributed by atoms with Gasteiger partial charge in [-0.15, -0.1) is 24.8 Å². The van der Waals surface area contributed by atoms with E-state index in [9.17, 15) is 4.79 Å². The number of benzene rings is 1. The quantitative estimate of drug-likeness (QED) is 0.639. The fraction of sp³-hybridized carbons (Fsp3) is 0.125. The predicted octanol–water partition coefficient (Wildman–Crippen LogP) is 1.05. The zero-order valence-electron chi connectivity index (χ0n) is 7.61. The number of carbonyl (C=O) groups excluding carboxylic acids is 1. The van der Waals surface area contributed by atoms with E-state index in [0.29, 0.717) is 16.9 Å². The summed E-state index contributed by atoms with van der Waals surface area (Å²) in [5.74, 6) is -0.186. The van der Waals surface area contributed by atoms with Crippen LogP contribution in [0.25, 0.3) is 0 Å². The molecular formula is C8H13Cl2N3O. The van der Waals surface area contributed by atoms with Crippen molar-refractivity contribution in [3.63, 3.8) is 0 Å². The third kappa shape index (κ3) is 3.72. The molecule has 1 aromatic carbocycles. The smallest absolute Gasteiger partial charge is 0.251 e. The highest BCUT2D eigenvalue weighted by atomic mass is 35.5. The Morgan fingerprint density at radius 1 is 1.14 bits per heavy atom. The number of halogens is 2. The Kier molecular flexibility index (Phi) is 6.95. The SMILES string of the molecule is CNC(=O)c1cc(N)cc(N)c1.Cl.Cl. The van der Waals surface area contributed by atoms with Gasteiger partial charge in [0.1, 0.15) is 0 Å². The molecule has 0 aliphatic rings. The number of hydrogen-bond acceptors (Lipinski definition) is 3. The summed E-state index contributed by atoms with van der Waals surface area (Å²) in [5, 5.41) is 2.49. The third-order valence-electron chi connectivity index (χ3n) is 1.47. The molecule has 0 aromatic heterocycles. The van der Waals surface area contributed by atoms with Gasteiger partial charge >= 0.3 is 0 Å². The minimum atomic E-state index is -0.186. The van der Waals surface area contributed by atoms with Crippen molar-refractivity contribution in [2.75, 3.05) is 18.5 Å². The van der Waals surface area contributed by atoms with Gasteiger partial charge in [0.05, 0.1) is 0 Å². The number of nitrogen functional groups attached to an aromatic ring is 2. The van der Waals surface area contributed by atoms with Crippen LogP contribution in [0.4, 0.5) is 11.4 Å². The number of nitrogens with one attached hydrogen (secondary N) is 1. The number of anilines is 2. The van der Waals surface area contributed by atoms with E-state index >= 15 is 0 Å². The summed E-state index contributed by atoms with van der Waals surface area (Å²) in [4.78, 5) is 11.1. The van der Waals surface area contributed by atoms with Gasteiger partial charge in [-0.25, -0.2) is 0 Å². The van der Waals surface area contributed by atoms with Crippen molar-refractivity contribution in [1.82, 2.24) is 5.32 Å². The van der Waals surface area contributed by atoms with E-state index in [0.717, 1.165) is 0 Å². The van der Waals surface area contributed by atoms with Crippen molar-refractivity contribution < 1.29 is 4.79 Å². The van der Waals surface area contributed by atoms with Gasteiger partial charge in [-0.1, -0.05) is 0 Å². The van der Waals surface area contributed by atoms with Crippen molar-refractivity contribution in [2.24, 2.45) is 0 Å². The van der Waals surface area contributed by atoms with Gasteiger partial charge in [0.15, 0.2) is 0 Å². The molecule has 0 aliphatic carbocycles. The highest BCUT2D eigenvalue weighted by molar-refractivity contribution is 5.95. The van der Waals surface area contributed by atoms with E-state index in [4.69, 9.17) is 11.5 Å². The molecule has 0 atom stereocenters. The molecule has 1 aromatic rings. The topological polar surface area (TPSA) is 81.1 Å². The number of hydrogen-bond donors (Lipinski definition) is 3. The molecule has 0 radical (unpaired) electrons. The molecule has 0 saturated carbocycles. The molecule has 0 spiro atoms. The Balaban J connectivity index is 0. The molecule has 5 N–H and O–H groups in total. The van der Waals surface area contributed by atoms with E-state index in [2.05, 4.69) is 5.32 Å². The molecular weight excluding hydrogens is 225 g/mol. The lowest BCUT2D eigenvalue weighted by atomic mass is 10.1. The Morgan fingerprint density at radius 3 is 1.93 bits per heavy atom. The lowest BCUT2D eigenvalue weighted by Crippen LogP contribution is -2.18. The first-order chi connectivity index (χ1) is 5.63. The molecule has 0 fully saturated rings. The average Bonchev–Trinajstić information content (AvgIpc) is 2.01. The summed E-state index contributed by atoms with van der Waals surface area (Å²) in [6.45, 7) is 0. The van der Waals surface area contributed by atoms with Crippen LogP contribution in [0.3, 0.4) is 0 Å². The maximum Gasteiger partial charge on any atom is 0.251 e. The Morgan fingerprint density at radius 2 is 1.57 bits per heavy atom. The Bertz CT molecular complexity index is 297.